The van der Waals surface area contributed by atoms with Gasteiger partial charge in [0.15, 0.2) is 0 Å². The monoisotopic (exact) mass is 309 g/mol. The number of hydrazine groups is 1. The number of nitrogens with one attached hydrogen (secondary N) is 1. The number of aryl methyl sites for hydroxylation is 2. The number of rotatable bonds is 4. The van der Waals surface area contributed by atoms with Crippen LogP contribution in [0.4, 0.5) is 0 Å². The lowest BCUT2D eigenvalue weighted by molar-refractivity contribution is 0.559. The Morgan fingerprint density at radius 2 is 2.16 bits per heavy atom. The van der Waals surface area contributed by atoms with Crippen LogP contribution in [0.15, 0.2) is 17.5 Å². The molecule has 0 radical (unpaired) electrons. The van der Waals surface area contributed by atoms with E-state index in [1.54, 1.807) is 22.7 Å². The zero-order chi connectivity index (χ0) is 13.4. The Morgan fingerprint density at radius 1 is 1.32 bits per heavy atom. The molecule has 0 aliphatic carbocycles. The van der Waals surface area contributed by atoms with Crippen molar-refractivity contribution < 1.29 is 0 Å². The number of nitrogens with two attached hydrogens (primary N) is 1. The summed E-state index contributed by atoms with van der Waals surface area (Å²) in [6.07, 6.45) is 0.851. The molecule has 0 aliphatic rings. The SMILES string of the molecule is Cc1nc(CC(NN)c2cc3sccc3s2)sc1C. The van der Waals surface area contributed by atoms with Crippen LogP contribution < -0.4 is 11.3 Å². The van der Waals surface area contributed by atoms with E-state index >= 15 is 0 Å². The molecule has 0 fully saturated rings. The molecule has 0 bridgehead atoms. The van der Waals surface area contributed by atoms with Gasteiger partial charge in [-0.3, -0.25) is 11.3 Å². The van der Waals surface area contributed by atoms with Gasteiger partial charge in [0.2, 0.25) is 0 Å². The van der Waals surface area contributed by atoms with Gasteiger partial charge in [-0.2, -0.15) is 0 Å². The predicted molar refractivity (Wildman–Crippen MR) is 85.1 cm³/mol. The van der Waals surface area contributed by atoms with E-state index in [4.69, 9.17) is 5.84 Å². The molecule has 100 valence electrons. The van der Waals surface area contributed by atoms with Crippen molar-refractivity contribution in [1.82, 2.24) is 10.4 Å². The van der Waals surface area contributed by atoms with Crippen molar-refractivity contribution in [2.75, 3.05) is 0 Å². The zero-order valence-electron chi connectivity index (χ0n) is 10.8. The minimum Gasteiger partial charge on any atom is -0.271 e. The van der Waals surface area contributed by atoms with Crippen LogP contribution in [0, 0.1) is 13.8 Å². The Labute approximate surface area is 124 Å². The minimum absolute atomic E-state index is 0.148. The number of nitrogens with zero attached hydrogens (tertiary/aromatic N) is 1. The Morgan fingerprint density at radius 3 is 2.79 bits per heavy atom. The van der Waals surface area contributed by atoms with E-state index in [1.165, 1.54) is 19.2 Å². The lowest BCUT2D eigenvalue weighted by Crippen LogP contribution is -2.28. The highest BCUT2D eigenvalue weighted by molar-refractivity contribution is 7.27. The van der Waals surface area contributed by atoms with Gasteiger partial charge >= 0.3 is 0 Å². The summed E-state index contributed by atoms with van der Waals surface area (Å²) >= 11 is 5.35. The van der Waals surface area contributed by atoms with Crippen LogP contribution in [0.5, 0.6) is 0 Å². The molecular weight excluding hydrogens is 294 g/mol. The molecule has 6 heteroatoms. The van der Waals surface area contributed by atoms with E-state index in [0.717, 1.165) is 17.1 Å². The third-order valence-corrected chi connectivity index (χ3v) is 6.46. The smallest absolute Gasteiger partial charge is 0.0950 e. The van der Waals surface area contributed by atoms with E-state index in [0.29, 0.717) is 0 Å². The highest BCUT2D eigenvalue weighted by Gasteiger charge is 2.16. The molecule has 1 unspecified atom stereocenters. The van der Waals surface area contributed by atoms with Gasteiger partial charge in [-0.15, -0.1) is 34.0 Å². The van der Waals surface area contributed by atoms with E-state index in [-0.39, 0.29) is 6.04 Å². The maximum Gasteiger partial charge on any atom is 0.0950 e. The first-order valence-electron chi connectivity index (χ1n) is 6.03. The molecule has 0 saturated heterocycles. The van der Waals surface area contributed by atoms with Crippen molar-refractivity contribution in [3.63, 3.8) is 0 Å². The third kappa shape index (κ3) is 2.59. The van der Waals surface area contributed by atoms with E-state index in [1.807, 2.05) is 11.3 Å². The lowest BCUT2D eigenvalue weighted by Gasteiger charge is -2.12. The van der Waals surface area contributed by atoms with Crippen molar-refractivity contribution in [3.8, 4) is 0 Å². The quantitative estimate of drug-likeness (QED) is 0.569. The molecule has 3 heterocycles. The second-order valence-electron chi connectivity index (χ2n) is 4.47. The number of fused-ring (bicyclic) bond motifs is 1. The number of thiophene rings is 2. The van der Waals surface area contributed by atoms with Gasteiger partial charge in [-0.05, 0) is 31.4 Å². The first kappa shape index (κ1) is 13.2. The summed E-state index contributed by atoms with van der Waals surface area (Å²) in [5, 5.41) is 3.28. The van der Waals surface area contributed by atoms with Crippen molar-refractivity contribution in [3.05, 3.63) is 38.0 Å². The second-order valence-corrected chi connectivity index (χ2v) is 7.82. The van der Waals surface area contributed by atoms with Crippen LogP contribution in [0.25, 0.3) is 9.40 Å². The fourth-order valence-electron chi connectivity index (χ4n) is 2.00. The molecule has 0 aromatic carbocycles. The average Bonchev–Trinajstić information content (AvgIpc) is 3.02. The van der Waals surface area contributed by atoms with Gasteiger partial charge in [0, 0.05) is 25.6 Å². The number of thiazole rings is 1. The molecule has 3 N–H and O–H groups in total. The van der Waals surface area contributed by atoms with Gasteiger partial charge in [-0.1, -0.05) is 0 Å². The average molecular weight is 309 g/mol. The lowest BCUT2D eigenvalue weighted by atomic mass is 10.2. The third-order valence-electron chi connectivity index (χ3n) is 3.15. The van der Waals surface area contributed by atoms with Gasteiger partial charge in [0.25, 0.3) is 0 Å². The normalized spacial score (nSPS) is 13.2. The topological polar surface area (TPSA) is 50.9 Å². The van der Waals surface area contributed by atoms with Gasteiger partial charge in [-0.25, -0.2) is 4.98 Å². The Bertz CT molecular complexity index is 647. The summed E-state index contributed by atoms with van der Waals surface area (Å²) < 4.78 is 2.68. The predicted octanol–water partition coefficient (Wildman–Crippen LogP) is 3.78. The zero-order valence-corrected chi connectivity index (χ0v) is 13.2. The van der Waals surface area contributed by atoms with E-state index in [2.05, 4.69) is 41.8 Å². The largest absolute Gasteiger partial charge is 0.271 e. The van der Waals surface area contributed by atoms with Gasteiger partial charge in [0.1, 0.15) is 0 Å². The van der Waals surface area contributed by atoms with Crippen LogP contribution in [0.1, 0.15) is 26.5 Å². The fraction of sp³-hybridized carbons (Fsp3) is 0.308. The van der Waals surface area contributed by atoms with Gasteiger partial charge < -0.3 is 0 Å². The summed E-state index contributed by atoms with van der Waals surface area (Å²) in [4.78, 5) is 7.17. The standard InChI is InChI=1S/C13H15N3S3/c1-7-8(2)18-13(15-7)5-9(16-14)11-6-12-10(19-11)3-4-17-12/h3-4,6,9,16H,5,14H2,1-2H3. The molecule has 1 atom stereocenters. The number of aromatic nitrogens is 1. The van der Waals surface area contributed by atoms with Crippen LogP contribution in [-0.4, -0.2) is 4.98 Å². The minimum atomic E-state index is 0.148. The highest BCUT2D eigenvalue weighted by atomic mass is 32.1. The molecular formula is C13H15N3S3. The first-order valence-corrected chi connectivity index (χ1v) is 8.54. The summed E-state index contributed by atoms with van der Waals surface area (Å²) in [7, 11) is 0. The maximum absolute atomic E-state index is 5.72. The first-order chi connectivity index (χ1) is 9.17. The van der Waals surface area contributed by atoms with Gasteiger partial charge in [0.05, 0.1) is 16.7 Å². The van der Waals surface area contributed by atoms with Crippen LogP contribution in [0.2, 0.25) is 0 Å². The summed E-state index contributed by atoms with van der Waals surface area (Å²) in [6.45, 7) is 4.17. The molecule has 0 saturated carbocycles. The Balaban J connectivity index is 1.86. The molecule has 3 aromatic rings. The van der Waals surface area contributed by atoms with Crippen molar-refractivity contribution in [1.29, 1.82) is 0 Å². The van der Waals surface area contributed by atoms with Crippen molar-refractivity contribution >= 4 is 43.4 Å². The molecule has 3 aromatic heterocycles. The number of hydrogen-bond acceptors (Lipinski definition) is 6. The van der Waals surface area contributed by atoms with Crippen molar-refractivity contribution in [2.24, 2.45) is 5.84 Å². The highest BCUT2D eigenvalue weighted by Crippen LogP contribution is 2.34. The molecule has 0 aliphatic heterocycles. The fourth-order valence-corrected chi connectivity index (χ4v) is 5.16. The Kier molecular flexibility index (Phi) is 3.68. The molecule has 0 spiro atoms. The van der Waals surface area contributed by atoms with E-state index < -0.39 is 0 Å². The summed E-state index contributed by atoms with van der Waals surface area (Å²) in [5.41, 5.74) is 4.06. The maximum atomic E-state index is 5.72. The number of hydrogen-bond donors (Lipinski definition) is 2. The molecule has 3 nitrogen and oxygen atoms in total. The van der Waals surface area contributed by atoms with Crippen LogP contribution in [-0.2, 0) is 6.42 Å². The van der Waals surface area contributed by atoms with Crippen LogP contribution >= 0.6 is 34.0 Å². The molecule has 3 rings (SSSR count). The molecule has 0 amide bonds. The van der Waals surface area contributed by atoms with Crippen LogP contribution in [0.3, 0.4) is 0 Å². The van der Waals surface area contributed by atoms with Crippen molar-refractivity contribution in [2.45, 2.75) is 26.3 Å². The Hall–Kier alpha value is -0.790. The molecule has 19 heavy (non-hydrogen) atoms. The summed E-state index contributed by atoms with van der Waals surface area (Å²) in [5.74, 6) is 5.72. The summed E-state index contributed by atoms with van der Waals surface area (Å²) in [6, 6.07) is 4.55. The second kappa shape index (κ2) is 5.30. The van der Waals surface area contributed by atoms with E-state index in [9.17, 15) is 0 Å².